The van der Waals surface area contributed by atoms with Gasteiger partial charge in [-0.3, -0.25) is 4.98 Å². The van der Waals surface area contributed by atoms with Crippen LogP contribution in [0.3, 0.4) is 0 Å². The van der Waals surface area contributed by atoms with Gasteiger partial charge in [-0.2, -0.15) is 0 Å². The van der Waals surface area contributed by atoms with Crippen LogP contribution >= 0.6 is 11.8 Å². The van der Waals surface area contributed by atoms with E-state index in [9.17, 15) is 4.79 Å². The molecule has 4 N–H and O–H groups in total. The molecule has 3 aromatic heterocycles. The van der Waals surface area contributed by atoms with Crippen molar-refractivity contribution in [2.45, 2.75) is 41.3 Å². The van der Waals surface area contributed by atoms with Gasteiger partial charge >= 0.3 is 6.09 Å². The van der Waals surface area contributed by atoms with Gasteiger partial charge in [0.05, 0.1) is 11.1 Å². The molecule has 12 heteroatoms. The number of nitrogens with zero attached hydrogens (tertiary/aromatic N) is 6. The van der Waals surface area contributed by atoms with E-state index in [0.717, 1.165) is 48.8 Å². The quantitative estimate of drug-likeness (QED) is 0.527. The number of aromatic nitrogens is 4. The number of amides is 1. The fraction of sp³-hybridized carbons (Fsp3) is 0.400. The summed E-state index contributed by atoms with van der Waals surface area (Å²) in [5.74, 6) is 2.08. The molecular formula is C25H26N8O3S. The normalized spacial score (nSPS) is 23.3. The summed E-state index contributed by atoms with van der Waals surface area (Å²) in [6, 6.07) is 5.75. The van der Waals surface area contributed by atoms with Crippen LogP contribution in [0.2, 0.25) is 0 Å². The van der Waals surface area contributed by atoms with E-state index in [-0.39, 0.29) is 17.5 Å². The lowest BCUT2D eigenvalue weighted by atomic mass is 9.73. The number of ether oxygens (including phenoxy) is 2. The van der Waals surface area contributed by atoms with Crippen LogP contribution in [0, 0.1) is 5.41 Å². The molecule has 3 aromatic rings. The van der Waals surface area contributed by atoms with E-state index in [1.54, 1.807) is 17.3 Å². The maximum Gasteiger partial charge on any atom is 0.416 e. The number of nitrogen functional groups attached to an aromatic ring is 1. The molecule has 2 fully saturated rings. The Morgan fingerprint density at radius 2 is 1.92 bits per heavy atom. The fourth-order valence-electron chi connectivity index (χ4n) is 5.87. The van der Waals surface area contributed by atoms with Crippen molar-refractivity contribution >= 4 is 35.3 Å². The van der Waals surface area contributed by atoms with Crippen LogP contribution in [-0.2, 0) is 11.2 Å². The zero-order chi connectivity index (χ0) is 25.1. The molecular weight excluding hydrogens is 492 g/mol. The minimum absolute atomic E-state index is 0.0134. The second-order valence-corrected chi connectivity index (χ2v) is 11.0. The van der Waals surface area contributed by atoms with Crippen LogP contribution in [0.15, 0.2) is 46.7 Å². The number of fused-ring (bicyclic) bond motifs is 4. The standard InChI is InChI=1S/C25H26N8O3S/c26-20-15-2-1-6-28-16(15)10-25(20)4-8-32(9-5-25)18-11-30-23(21(27)31-18)37-17-3-7-29-22-19(17)35-12-14-13-36-24(34)33(14)22/h1-3,6-7,11,14,20H,4-5,8-10,12-13,26H2,(H2,27,31)/t14?,20-/m1/s1. The lowest BCUT2D eigenvalue weighted by Gasteiger charge is -2.42. The maximum absolute atomic E-state index is 12.2. The fourth-order valence-corrected chi connectivity index (χ4v) is 6.71. The predicted molar refractivity (Wildman–Crippen MR) is 137 cm³/mol. The van der Waals surface area contributed by atoms with E-state index in [2.05, 4.69) is 30.9 Å². The molecule has 1 spiro atoms. The number of anilines is 3. The molecule has 1 unspecified atom stereocenters. The van der Waals surface area contributed by atoms with Crippen molar-refractivity contribution in [2.75, 3.05) is 41.8 Å². The van der Waals surface area contributed by atoms with Gasteiger partial charge in [0, 0.05) is 37.2 Å². The smallest absolute Gasteiger partial charge is 0.416 e. The molecule has 11 nitrogen and oxygen atoms in total. The summed E-state index contributed by atoms with van der Waals surface area (Å²) in [6.07, 6.45) is 7.70. The molecule has 0 saturated carbocycles. The highest BCUT2D eigenvalue weighted by Crippen LogP contribution is 2.50. The minimum atomic E-state index is -0.408. The Kier molecular flexibility index (Phi) is 5.15. The number of nitrogens with two attached hydrogens (primary N) is 2. The molecule has 6 heterocycles. The lowest BCUT2D eigenvalue weighted by molar-refractivity contribution is 0.176. The second-order valence-electron chi connectivity index (χ2n) is 9.94. The first-order valence-corrected chi connectivity index (χ1v) is 13.2. The minimum Gasteiger partial charge on any atom is -0.486 e. The molecule has 0 radical (unpaired) electrons. The third-order valence-electron chi connectivity index (χ3n) is 7.94. The summed E-state index contributed by atoms with van der Waals surface area (Å²) in [6.45, 7) is 2.31. The van der Waals surface area contributed by atoms with Crippen molar-refractivity contribution in [1.29, 1.82) is 0 Å². The van der Waals surface area contributed by atoms with E-state index in [4.69, 9.17) is 20.9 Å². The first-order chi connectivity index (χ1) is 18.0. The molecule has 37 heavy (non-hydrogen) atoms. The van der Waals surface area contributed by atoms with Gasteiger partial charge in [0.1, 0.15) is 30.1 Å². The third kappa shape index (κ3) is 3.57. The van der Waals surface area contributed by atoms with E-state index >= 15 is 0 Å². The molecule has 1 aliphatic carbocycles. The number of rotatable bonds is 3. The molecule has 7 rings (SSSR count). The van der Waals surface area contributed by atoms with Crippen molar-refractivity contribution in [3.05, 3.63) is 48.0 Å². The Labute approximate surface area is 217 Å². The number of carbonyl (C=O) groups excluding carboxylic acids is 1. The average molecular weight is 519 g/mol. The summed E-state index contributed by atoms with van der Waals surface area (Å²) >= 11 is 1.34. The van der Waals surface area contributed by atoms with Crippen LogP contribution in [0.1, 0.15) is 30.1 Å². The summed E-state index contributed by atoms with van der Waals surface area (Å²) in [4.78, 5) is 35.0. The van der Waals surface area contributed by atoms with E-state index in [1.165, 1.54) is 17.3 Å². The molecule has 2 saturated heterocycles. The number of carbonyl (C=O) groups is 1. The first kappa shape index (κ1) is 22.5. The predicted octanol–water partition coefficient (Wildman–Crippen LogP) is 2.56. The van der Waals surface area contributed by atoms with Gasteiger partial charge < -0.3 is 25.8 Å². The van der Waals surface area contributed by atoms with Crippen LogP contribution < -0.4 is 26.0 Å². The van der Waals surface area contributed by atoms with Gasteiger partial charge in [0.2, 0.25) is 0 Å². The molecule has 4 aliphatic rings. The number of pyridine rings is 2. The monoisotopic (exact) mass is 518 g/mol. The van der Waals surface area contributed by atoms with Crippen LogP contribution in [0.4, 0.5) is 22.2 Å². The average Bonchev–Trinajstić information content (AvgIpc) is 3.43. The van der Waals surface area contributed by atoms with Gasteiger partial charge in [0.25, 0.3) is 0 Å². The lowest BCUT2D eigenvalue weighted by Crippen LogP contribution is -2.44. The molecule has 0 aromatic carbocycles. The first-order valence-electron chi connectivity index (χ1n) is 12.3. The van der Waals surface area contributed by atoms with E-state index in [1.807, 2.05) is 18.3 Å². The third-order valence-corrected chi connectivity index (χ3v) is 8.99. The Hall–Kier alpha value is -3.64. The van der Waals surface area contributed by atoms with Crippen molar-refractivity contribution in [1.82, 2.24) is 19.9 Å². The van der Waals surface area contributed by atoms with Crippen molar-refractivity contribution < 1.29 is 14.3 Å². The van der Waals surface area contributed by atoms with Gasteiger partial charge in [-0.05, 0) is 42.4 Å². The second kappa shape index (κ2) is 8.45. The van der Waals surface area contributed by atoms with E-state index < -0.39 is 6.09 Å². The van der Waals surface area contributed by atoms with E-state index in [0.29, 0.717) is 35.6 Å². The SMILES string of the molecule is Nc1nc(N2CCC3(CC2)Cc2ncccc2[C@H]3N)cnc1Sc1ccnc2c1OCC1COC(=O)N21. The molecule has 2 atom stereocenters. The summed E-state index contributed by atoms with van der Waals surface area (Å²) in [7, 11) is 0. The Morgan fingerprint density at radius 1 is 1.08 bits per heavy atom. The van der Waals surface area contributed by atoms with Gasteiger partial charge in [0.15, 0.2) is 17.4 Å². The molecule has 0 bridgehead atoms. The summed E-state index contributed by atoms with van der Waals surface area (Å²) in [5.41, 5.74) is 15.4. The Balaban J connectivity index is 1.07. The van der Waals surface area contributed by atoms with Gasteiger partial charge in [-0.1, -0.05) is 17.8 Å². The van der Waals surface area contributed by atoms with Crippen molar-refractivity contribution in [3.63, 3.8) is 0 Å². The number of piperidine rings is 1. The molecule has 190 valence electrons. The zero-order valence-electron chi connectivity index (χ0n) is 20.0. The van der Waals surface area contributed by atoms with Crippen LogP contribution in [-0.4, -0.2) is 58.4 Å². The van der Waals surface area contributed by atoms with Crippen LogP contribution in [0.25, 0.3) is 0 Å². The highest BCUT2D eigenvalue weighted by molar-refractivity contribution is 7.99. The molecule has 1 amide bonds. The number of hydrogen-bond donors (Lipinski definition) is 2. The van der Waals surface area contributed by atoms with Crippen molar-refractivity contribution in [3.8, 4) is 5.75 Å². The Bertz CT molecular complexity index is 1400. The maximum atomic E-state index is 12.2. The van der Waals surface area contributed by atoms with Gasteiger partial charge in [-0.25, -0.2) is 24.6 Å². The van der Waals surface area contributed by atoms with Crippen molar-refractivity contribution in [2.24, 2.45) is 11.1 Å². The highest BCUT2D eigenvalue weighted by Gasteiger charge is 2.47. The molecule has 3 aliphatic heterocycles. The van der Waals surface area contributed by atoms with Crippen LogP contribution in [0.5, 0.6) is 5.75 Å². The number of cyclic esters (lactones) is 1. The topological polar surface area (TPSA) is 146 Å². The Morgan fingerprint density at radius 3 is 2.73 bits per heavy atom. The largest absolute Gasteiger partial charge is 0.486 e. The summed E-state index contributed by atoms with van der Waals surface area (Å²) in [5, 5.41) is 0.569. The zero-order valence-corrected chi connectivity index (χ0v) is 20.9. The summed E-state index contributed by atoms with van der Waals surface area (Å²) < 4.78 is 11.1. The highest BCUT2D eigenvalue weighted by atomic mass is 32.2. The van der Waals surface area contributed by atoms with Gasteiger partial charge in [-0.15, -0.1) is 0 Å². The number of hydrogen-bond acceptors (Lipinski definition) is 11.